The predicted molar refractivity (Wildman–Crippen MR) is 48.7 cm³/mol. The van der Waals surface area contributed by atoms with E-state index >= 15 is 0 Å². The fourth-order valence-electron chi connectivity index (χ4n) is 1.07. The Morgan fingerprint density at radius 3 is 2.91 bits per heavy atom. The zero-order valence-corrected chi connectivity index (χ0v) is 8.49. The van der Waals surface area contributed by atoms with Crippen molar-refractivity contribution in [3.8, 4) is 0 Å². The van der Waals surface area contributed by atoms with Crippen molar-refractivity contribution < 1.29 is 0 Å². The van der Waals surface area contributed by atoms with Gasteiger partial charge in [0.1, 0.15) is 5.01 Å². The summed E-state index contributed by atoms with van der Waals surface area (Å²) in [4.78, 5) is 4.23. The Labute approximate surface area is 78.3 Å². The van der Waals surface area contributed by atoms with Crippen LogP contribution in [0.1, 0.15) is 24.3 Å². The minimum Gasteiger partial charge on any atom is -0.214 e. The summed E-state index contributed by atoms with van der Waals surface area (Å²) < 4.78 is 4.81. The van der Waals surface area contributed by atoms with E-state index in [2.05, 4.69) is 25.3 Å². The second kappa shape index (κ2) is 3.19. The number of nitrogens with zero attached hydrogens (tertiary/aromatic N) is 2. The van der Waals surface area contributed by atoms with E-state index in [1.54, 1.807) is 0 Å². The Morgan fingerprint density at radius 1 is 1.55 bits per heavy atom. The molecule has 11 heavy (non-hydrogen) atoms. The maximum atomic E-state index is 4.23. The van der Waals surface area contributed by atoms with Crippen LogP contribution in [0.5, 0.6) is 0 Å². The van der Waals surface area contributed by atoms with Crippen molar-refractivity contribution in [3.63, 3.8) is 0 Å². The molecule has 1 aliphatic carbocycles. The molecule has 4 heteroatoms. The SMILES string of the molecule is Brc1nsc(CCC2CC2)n1. The molecule has 0 N–H and O–H groups in total. The highest BCUT2D eigenvalue weighted by atomic mass is 79.9. The fourth-order valence-corrected chi connectivity index (χ4v) is 2.18. The van der Waals surface area contributed by atoms with Gasteiger partial charge in [-0.15, -0.1) is 0 Å². The predicted octanol–water partition coefficient (Wildman–Crippen LogP) is 2.64. The number of rotatable bonds is 3. The van der Waals surface area contributed by atoms with E-state index < -0.39 is 0 Å². The van der Waals surface area contributed by atoms with Crippen molar-refractivity contribution in [2.24, 2.45) is 5.92 Å². The van der Waals surface area contributed by atoms with Crippen LogP contribution in [0.25, 0.3) is 0 Å². The van der Waals surface area contributed by atoms with E-state index in [1.165, 1.54) is 35.8 Å². The molecule has 2 rings (SSSR count). The highest BCUT2D eigenvalue weighted by Gasteiger charge is 2.21. The first-order valence-corrected chi connectivity index (χ1v) is 5.39. The lowest BCUT2D eigenvalue weighted by molar-refractivity contribution is 0.722. The summed E-state index contributed by atoms with van der Waals surface area (Å²) in [6.07, 6.45) is 5.29. The van der Waals surface area contributed by atoms with Gasteiger partial charge in [-0.2, -0.15) is 4.37 Å². The van der Waals surface area contributed by atoms with E-state index in [4.69, 9.17) is 0 Å². The molecule has 1 aromatic heterocycles. The Balaban J connectivity index is 1.85. The first-order valence-electron chi connectivity index (χ1n) is 3.82. The van der Waals surface area contributed by atoms with Gasteiger partial charge in [0.25, 0.3) is 0 Å². The molecule has 0 bridgehead atoms. The third-order valence-corrected chi connectivity index (χ3v) is 3.27. The van der Waals surface area contributed by atoms with Gasteiger partial charge in [0.15, 0.2) is 0 Å². The number of halogens is 1. The lowest BCUT2D eigenvalue weighted by Gasteiger charge is -1.90. The minimum absolute atomic E-state index is 0.744. The van der Waals surface area contributed by atoms with Crippen molar-refractivity contribution in [3.05, 3.63) is 9.74 Å². The van der Waals surface area contributed by atoms with Crippen LogP contribution in [-0.2, 0) is 6.42 Å². The topological polar surface area (TPSA) is 25.8 Å². The Bertz CT molecular complexity index is 244. The lowest BCUT2D eigenvalue weighted by atomic mass is 10.2. The van der Waals surface area contributed by atoms with Crippen molar-refractivity contribution in [1.82, 2.24) is 9.36 Å². The molecule has 1 heterocycles. The summed E-state index contributed by atoms with van der Waals surface area (Å²) in [5.74, 6) is 0.998. The summed E-state index contributed by atoms with van der Waals surface area (Å²) in [7, 11) is 0. The maximum Gasteiger partial charge on any atom is 0.209 e. The molecule has 0 saturated heterocycles. The monoisotopic (exact) mass is 232 g/mol. The second-order valence-corrected chi connectivity index (χ2v) is 4.48. The van der Waals surface area contributed by atoms with Crippen LogP contribution in [0.4, 0.5) is 0 Å². The normalized spacial score (nSPS) is 17.2. The molecule has 1 aromatic rings. The smallest absolute Gasteiger partial charge is 0.209 e. The summed E-state index contributed by atoms with van der Waals surface area (Å²) in [6, 6.07) is 0. The van der Waals surface area contributed by atoms with E-state index in [9.17, 15) is 0 Å². The molecule has 0 aliphatic heterocycles. The van der Waals surface area contributed by atoms with Crippen LogP contribution in [0, 0.1) is 5.92 Å². The van der Waals surface area contributed by atoms with Crippen LogP contribution in [-0.4, -0.2) is 9.36 Å². The number of hydrogen-bond donors (Lipinski definition) is 0. The molecule has 0 spiro atoms. The highest BCUT2D eigenvalue weighted by Crippen LogP contribution is 2.33. The van der Waals surface area contributed by atoms with Gasteiger partial charge < -0.3 is 0 Å². The summed E-state index contributed by atoms with van der Waals surface area (Å²) in [5.41, 5.74) is 0. The first kappa shape index (κ1) is 7.68. The molecule has 1 saturated carbocycles. The fraction of sp³-hybridized carbons (Fsp3) is 0.714. The molecule has 60 valence electrons. The maximum absolute atomic E-state index is 4.23. The standard InChI is InChI=1S/C7H9BrN2S/c8-7-9-6(11-10-7)4-3-5-1-2-5/h5H,1-4H2. The first-order chi connectivity index (χ1) is 5.34. The molecule has 1 fully saturated rings. The molecule has 0 amide bonds. The number of aromatic nitrogens is 2. The van der Waals surface area contributed by atoms with E-state index in [1.807, 2.05) is 0 Å². The molecule has 0 unspecified atom stereocenters. The Kier molecular flexibility index (Phi) is 2.23. The molecular weight excluding hydrogens is 224 g/mol. The van der Waals surface area contributed by atoms with Gasteiger partial charge in [0.2, 0.25) is 4.73 Å². The van der Waals surface area contributed by atoms with Gasteiger partial charge in [-0.1, -0.05) is 12.8 Å². The summed E-state index contributed by atoms with van der Waals surface area (Å²) in [6.45, 7) is 0. The average Bonchev–Trinajstić information content (AvgIpc) is 2.72. The van der Waals surface area contributed by atoms with Crippen LogP contribution < -0.4 is 0 Å². The quantitative estimate of drug-likeness (QED) is 0.802. The van der Waals surface area contributed by atoms with Gasteiger partial charge in [-0.05, 0) is 39.8 Å². The van der Waals surface area contributed by atoms with Gasteiger partial charge >= 0.3 is 0 Å². The number of hydrogen-bond acceptors (Lipinski definition) is 3. The molecule has 0 aromatic carbocycles. The summed E-state index contributed by atoms with van der Waals surface area (Å²) in [5, 5.41) is 1.17. The highest BCUT2D eigenvalue weighted by molar-refractivity contribution is 9.10. The minimum atomic E-state index is 0.744. The van der Waals surface area contributed by atoms with E-state index in [0.29, 0.717) is 0 Å². The van der Waals surface area contributed by atoms with Crippen LogP contribution in [0.15, 0.2) is 4.73 Å². The molecular formula is C7H9BrN2S. The average molecular weight is 233 g/mol. The molecule has 1 aliphatic rings. The zero-order chi connectivity index (χ0) is 7.68. The van der Waals surface area contributed by atoms with E-state index in [0.717, 1.165) is 17.1 Å². The van der Waals surface area contributed by atoms with Crippen molar-refractivity contribution in [2.45, 2.75) is 25.7 Å². The Morgan fingerprint density at radius 2 is 2.36 bits per heavy atom. The largest absolute Gasteiger partial charge is 0.214 e. The van der Waals surface area contributed by atoms with Gasteiger partial charge in [0.05, 0.1) is 0 Å². The summed E-state index contributed by atoms with van der Waals surface area (Å²) >= 11 is 4.75. The van der Waals surface area contributed by atoms with Crippen LogP contribution in [0.2, 0.25) is 0 Å². The molecule has 0 radical (unpaired) electrons. The molecule has 0 atom stereocenters. The zero-order valence-electron chi connectivity index (χ0n) is 6.09. The van der Waals surface area contributed by atoms with Gasteiger partial charge in [-0.3, -0.25) is 0 Å². The lowest BCUT2D eigenvalue weighted by Crippen LogP contribution is -1.84. The third kappa shape index (κ3) is 2.24. The number of aryl methyl sites for hydroxylation is 1. The second-order valence-electron chi connectivity index (χ2n) is 2.94. The van der Waals surface area contributed by atoms with Crippen LogP contribution in [0.3, 0.4) is 0 Å². The third-order valence-electron chi connectivity index (χ3n) is 1.91. The van der Waals surface area contributed by atoms with Crippen molar-refractivity contribution in [2.75, 3.05) is 0 Å². The van der Waals surface area contributed by atoms with Gasteiger partial charge in [0, 0.05) is 6.42 Å². The Hall–Kier alpha value is 0.0400. The van der Waals surface area contributed by atoms with Crippen LogP contribution >= 0.6 is 27.5 Å². The van der Waals surface area contributed by atoms with Gasteiger partial charge in [-0.25, -0.2) is 4.98 Å². The van der Waals surface area contributed by atoms with Crippen molar-refractivity contribution in [1.29, 1.82) is 0 Å². The molecule has 2 nitrogen and oxygen atoms in total. The van der Waals surface area contributed by atoms with Crippen molar-refractivity contribution >= 4 is 27.5 Å². The van der Waals surface area contributed by atoms with E-state index in [-0.39, 0.29) is 0 Å².